The highest BCUT2D eigenvalue weighted by Crippen LogP contribution is 2.10. The largest absolute Gasteiger partial charge is 0.370 e. The summed E-state index contributed by atoms with van der Waals surface area (Å²) < 4.78 is 1.85. The Bertz CT molecular complexity index is 383. The third-order valence-corrected chi connectivity index (χ3v) is 2.48. The van der Waals surface area contributed by atoms with Crippen molar-refractivity contribution in [2.24, 2.45) is 5.73 Å². The minimum Gasteiger partial charge on any atom is -0.370 e. The lowest BCUT2D eigenvalue weighted by molar-refractivity contribution is -0.119. The molecular formula is C11H21N5O. The fourth-order valence-electron chi connectivity index (χ4n) is 1.65. The molecule has 6 nitrogen and oxygen atoms in total. The third kappa shape index (κ3) is 4.14. The van der Waals surface area contributed by atoms with Gasteiger partial charge in [-0.25, -0.2) is 9.67 Å². The van der Waals surface area contributed by atoms with Crippen molar-refractivity contribution in [1.82, 2.24) is 20.1 Å². The molecule has 0 radical (unpaired) electrons. The summed E-state index contributed by atoms with van der Waals surface area (Å²) in [5.41, 5.74) is 4.86. The molecule has 1 amide bonds. The smallest absolute Gasteiger partial charge is 0.219 e. The van der Waals surface area contributed by atoms with E-state index in [4.69, 9.17) is 5.73 Å². The minimum atomic E-state index is -0.334. The average Bonchev–Trinajstić information content (AvgIpc) is 2.60. The van der Waals surface area contributed by atoms with Gasteiger partial charge in [-0.15, -0.1) is 0 Å². The first kappa shape index (κ1) is 13.6. The molecule has 1 rings (SSSR count). The van der Waals surface area contributed by atoms with Crippen molar-refractivity contribution in [3.63, 3.8) is 0 Å². The molecule has 0 aliphatic carbocycles. The number of amides is 1. The lowest BCUT2D eigenvalue weighted by Gasteiger charge is -2.24. The first-order valence-corrected chi connectivity index (χ1v) is 5.73. The van der Waals surface area contributed by atoms with Gasteiger partial charge in [0.15, 0.2) is 0 Å². The Kier molecular flexibility index (Phi) is 4.22. The summed E-state index contributed by atoms with van der Waals surface area (Å²) in [6.45, 7) is 8.54. The molecule has 0 bridgehead atoms. The number of carbonyl (C=O) groups excluding carboxylic acids is 1. The Morgan fingerprint density at radius 1 is 1.59 bits per heavy atom. The van der Waals surface area contributed by atoms with Gasteiger partial charge in [0, 0.05) is 18.0 Å². The first-order chi connectivity index (χ1) is 7.82. The van der Waals surface area contributed by atoms with Crippen LogP contribution >= 0.6 is 0 Å². The van der Waals surface area contributed by atoms with Crippen LogP contribution in [0.25, 0.3) is 0 Å². The molecule has 0 aliphatic rings. The molecule has 0 aliphatic heterocycles. The number of hydrogen-bond donors (Lipinski definition) is 2. The van der Waals surface area contributed by atoms with E-state index in [0.717, 1.165) is 5.82 Å². The number of hydrogen-bond acceptors (Lipinski definition) is 4. The van der Waals surface area contributed by atoms with Crippen LogP contribution in [0.4, 0.5) is 0 Å². The summed E-state index contributed by atoms with van der Waals surface area (Å²) in [5, 5.41) is 7.42. The maximum absolute atomic E-state index is 10.9. The lowest BCUT2D eigenvalue weighted by atomic mass is 10.0. The number of nitrogens with one attached hydrogen (secondary N) is 1. The van der Waals surface area contributed by atoms with E-state index in [1.807, 2.05) is 32.4 Å². The van der Waals surface area contributed by atoms with Crippen molar-refractivity contribution in [1.29, 1.82) is 0 Å². The standard InChI is InChI=1S/C11H21N5O/c1-8(2)16-10(13-7-15-16)6-14-11(3,4)5-9(12)17/h7-8,14H,5-6H2,1-4H3,(H2,12,17). The molecule has 1 heterocycles. The van der Waals surface area contributed by atoms with Crippen molar-refractivity contribution in [2.75, 3.05) is 0 Å². The van der Waals surface area contributed by atoms with Crippen LogP contribution in [0.3, 0.4) is 0 Å². The van der Waals surface area contributed by atoms with E-state index in [1.54, 1.807) is 0 Å². The van der Waals surface area contributed by atoms with Gasteiger partial charge in [-0.05, 0) is 27.7 Å². The third-order valence-electron chi connectivity index (χ3n) is 2.48. The van der Waals surface area contributed by atoms with Crippen molar-refractivity contribution in [3.8, 4) is 0 Å². The molecule has 1 aromatic heterocycles. The molecule has 0 saturated heterocycles. The van der Waals surface area contributed by atoms with E-state index in [9.17, 15) is 4.79 Å². The normalized spacial score (nSPS) is 12.1. The molecule has 0 unspecified atom stereocenters. The molecule has 0 spiro atoms. The van der Waals surface area contributed by atoms with E-state index in [-0.39, 0.29) is 17.5 Å². The Labute approximate surface area is 102 Å². The van der Waals surface area contributed by atoms with Crippen molar-refractivity contribution >= 4 is 5.91 Å². The minimum absolute atomic E-state index is 0.272. The summed E-state index contributed by atoms with van der Waals surface area (Å²) in [7, 11) is 0. The van der Waals surface area contributed by atoms with Crippen LogP contribution in [-0.2, 0) is 11.3 Å². The van der Waals surface area contributed by atoms with E-state index < -0.39 is 0 Å². The molecule has 1 aromatic rings. The molecule has 3 N–H and O–H groups in total. The monoisotopic (exact) mass is 239 g/mol. The fraction of sp³-hybridized carbons (Fsp3) is 0.727. The van der Waals surface area contributed by atoms with Gasteiger partial charge in [0.1, 0.15) is 12.2 Å². The summed E-state index contributed by atoms with van der Waals surface area (Å²) in [6.07, 6.45) is 1.83. The highest BCUT2D eigenvalue weighted by Gasteiger charge is 2.20. The quantitative estimate of drug-likeness (QED) is 0.761. The van der Waals surface area contributed by atoms with Gasteiger partial charge in [-0.2, -0.15) is 5.10 Å². The summed E-state index contributed by atoms with van der Waals surface area (Å²) in [4.78, 5) is 15.1. The highest BCUT2D eigenvalue weighted by atomic mass is 16.1. The van der Waals surface area contributed by atoms with Crippen molar-refractivity contribution < 1.29 is 4.79 Å². The van der Waals surface area contributed by atoms with Gasteiger partial charge in [0.05, 0.1) is 6.54 Å². The Morgan fingerprint density at radius 2 is 2.24 bits per heavy atom. The Balaban J connectivity index is 2.61. The van der Waals surface area contributed by atoms with Crippen molar-refractivity contribution in [2.45, 2.75) is 52.2 Å². The van der Waals surface area contributed by atoms with Gasteiger partial charge in [0.25, 0.3) is 0 Å². The van der Waals surface area contributed by atoms with Crippen molar-refractivity contribution in [3.05, 3.63) is 12.2 Å². The van der Waals surface area contributed by atoms with Gasteiger partial charge in [0.2, 0.25) is 5.91 Å². The second-order valence-electron chi connectivity index (χ2n) is 5.10. The second-order valence-corrected chi connectivity index (χ2v) is 5.10. The van der Waals surface area contributed by atoms with Crippen LogP contribution in [0.1, 0.15) is 46.0 Å². The van der Waals surface area contributed by atoms with E-state index in [1.165, 1.54) is 6.33 Å². The topological polar surface area (TPSA) is 85.8 Å². The van der Waals surface area contributed by atoms with E-state index in [0.29, 0.717) is 13.0 Å². The van der Waals surface area contributed by atoms with Crippen LogP contribution < -0.4 is 11.1 Å². The van der Waals surface area contributed by atoms with E-state index in [2.05, 4.69) is 15.4 Å². The Morgan fingerprint density at radius 3 is 2.76 bits per heavy atom. The summed E-state index contributed by atoms with van der Waals surface area (Å²) in [5.74, 6) is 0.547. The zero-order valence-electron chi connectivity index (χ0n) is 10.9. The molecule has 0 fully saturated rings. The molecular weight excluding hydrogens is 218 g/mol. The first-order valence-electron chi connectivity index (χ1n) is 5.73. The predicted octanol–water partition coefficient (Wildman–Crippen LogP) is 0.603. The number of aromatic nitrogens is 3. The highest BCUT2D eigenvalue weighted by molar-refractivity contribution is 5.74. The molecule has 0 saturated carbocycles. The van der Waals surface area contributed by atoms with Gasteiger partial charge < -0.3 is 11.1 Å². The number of carbonyl (C=O) groups is 1. The second kappa shape index (κ2) is 5.27. The van der Waals surface area contributed by atoms with Crippen LogP contribution in [0.5, 0.6) is 0 Å². The molecule has 96 valence electrons. The lowest BCUT2D eigenvalue weighted by Crippen LogP contribution is -2.42. The number of nitrogens with two attached hydrogens (primary N) is 1. The molecule has 17 heavy (non-hydrogen) atoms. The van der Waals surface area contributed by atoms with Crippen LogP contribution in [0.2, 0.25) is 0 Å². The number of nitrogens with zero attached hydrogens (tertiary/aromatic N) is 3. The number of rotatable bonds is 6. The van der Waals surface area contributed by atoms with Crippen LogP contribution in [-0.4, -0.2) is 26.2 Å². The predicted molar refractivity (Wildman–Crippen MR) is 65.1 cm³/mol. The fourth-order valence-corrected chi connectivity index (χ4v) is 1.65. The van der Waals surface area contributed by atoms with E-state index >= 15 is 0 Å². The Hall–Kier alpha value is -1.43. The maximum atomic E-state index is 10.9. The van der Waals surface area contributed by atoms with Gasteiger partial charge in [-0.1, -0.05) is 0 Å². The number of primary amides is 1. The molecule has 0 atom stereocenters. The molecule has 6 heteroatoms. The average molecular weight is 239 g/mol. The van der Waals surface area contributed by atoms with Crippen LogP contribution in [0.15, 0.2) is 6.33 Å². The summed E-state index contributed by atoms with van der Waals surface area (Å²) >= 11 is 0. The van der Waals surface area contributed by atoms with Gasteiger partial charge >= 0.3 is 0 Å². The zero-order chi connectivity index (χ0) is 13.1. The van der Waals surface area contributed by atoms with Crippen LogP contribution in [0, 0.1) is 0 Å². The summed E-state index contributed by atoms with van der Waals surface area (Å²) in [6, 6.07) is 0.272. The maximum Gasteiger partial charge on any atom is 0.219 e. The van der Waals surface area contributed by atoms with Gasteiger partial charge in [-0.3, -0.25) is 4.79 Å². The SMILES string of the molecule is CC(C)n1ncnc1CNC(C)(C)CC(N)=O. The zero-order valence-corrected chi connectivity index (χ0v) is 10.9. The molecule has 0 aromatic carbocycles.